The van der Waals surface area contributed by atoms with Gasteiger partial charge in [-0.3, -0.25) is 9.48 Å². The van der Waals surface area contributed by atoms with Gasteiger partial charge in [0.1, 0.15) is 6.04 Å². The molecular weight excluding hydrogens is 258 g/mol. The third-order valence-electron chi connectivity index (χ3n) is 3.30. The number of rotatable bonds is 5. The number of carbonyl (C=O) groups is 2. The Labute approximate surface area is 119 Å². The van der Waals surface area contributed by atoms with E-state index in [4.69, 9.17) is 5.11 Å². The molecule has 0 fully saturated rings. The lowest BCUT2D eigenvalue weighted by Crippen LogP contribution is -2.44. The molecule has 0 bridgehead atoms. The van der Waals surface area contributed by atoms with Gasteiger partial charge in [0.25, 0.3) is 5.91 Å². The fourth-order valence-corrected chi connectivity index (χ4v) is 1.71. The molecule has 2 atom stereocenters. The lowest BCUT2D eigenvalue weighted by atomic mass is 9.99. The fourth-order valence-electron chi connectivity index (χ4n) is 1.71. The van der Waals surface area contributed by atoms with Crippen molar-refractivity contribution in [1.82, 2.24) is 15.1 Å². The van der Waals surface area contributed by atoms with Gasteiger partial charge in [-0.2, -0.15) is 5.10 Å². The average Bonchev–Trinajstić information content (AvgIpc) is 2.83. The van der Waals surface area contributed by atoms with Gasteiger partial charge in [0.2, 0.25) is 0 Å². The highest BCUT2D eigenvalue weighted by molar-refractivity contribution is 5.96. The van der Waals surface area contributed by atoms with Gasteiger partial charge in [-0.25, -0.2) is 4.79 Å². The first kappa shape index (κ1) is 16.2. The van der Waals surface area contributed by atoms with Crippen LogP contribution in [0.25, 0.3) is 0 Å². The van der Waals surface area contributed by atoms with Crippen LogP contribution in [-0.4, -0.2) is 32.8 Å². The van der Waals surface area contributed by atoms with Crippen molar-refractivity contribution in [3.05, 3.63) is 18.0 Å². The molecule has 112 valence electrons. The Morgan fingerprint density at radius 3 is 2.45 bits per heavy atom. The van der Waals surface area contributed by atoms with E-state index in [0.717, 1.165) is 0 Å². The summed E-state index contributed by atoms with van der Waals surface area (Å²) in [6.07, 6.45) is 3.76. The van der Waals surface area contributed by atoms with Crippen LogP contribution in [-0.2, 0) is 10.3 Å². The summed E-state index contributed by atoms with van der Waals surface area (Å²) in [4.78, 5) is 23.3. The first-order valence-electron chi connectivity index (χ1n) is 6.75. The van der Waals surface area contributed by atoms with Crippen molar-refractivity contribution < 1.29 is 14.7 Å². The second-order valence-electron chi connectivity index (χ2n) is 6.02. The monoisotopic (exact) mass is 281 g/mol. The lowest BCUT2D eigenvalue weighted by molar-refractivity contribution is -0.140. The topological polar surface area (TPSA) is 84.2 Å². The van der Waals surface area contributed by atoms with Gasteiger partial charge < -0.3 is 10.4 Å². The maximum absolute atomic E-state index is 12.1. The normalized spacial score (nSPS) is 14.7. The van der Waals surface area contributed by atoms with Gasteiger partial charge in [-0.1, -0.05) is 20.3 Å². The SMILES string of the molecule is CCC(C)C(NC(=O)c1cnn(C(C)(C)C)c1)C(=O)O. The molecule has 0 spiro atoms. The lowest BCUT2D eigenvalue weighted by Gasteiger charge is -2.20. The van der Waals surface area contributed by atoms with E-state index in [9.17, 15) is 9.59 Å². The van der Waals surface area contributed by atoms with Gasteiger partial charge >= 0.3 is 5.97 Å². The Kier molecular flexibility index (Phi) is 4.92. The zero-order chi connectivity index (χ0) is 15.5. The number of amides is 1. The molecule has 0 aromatic carbocycles. The maximum Gasteiger partial charge on any atom is 0.326 e. The predicted octanol–water partition coefficient (Wildman–Crippen LogP) is 1.87. The molecule has 2 unspecified atom stereocenters. The van der Waals surface area contributed by atoms with Crippen LogP contribution in [0.4, 0.5) is 0 Å². The minimum Gasteiger partial charge on any atom is -0.480 e. The van der Waals surface area contributed by atoms with E-state index < -0.39 is 17.9 Å². The van der Waals surface area contributed by atoms with E-state index in [2.05, 4.69) is 10.4 Å². The van der Waals surface area contributed by atoms with Crippen LogP contribution in [0, 0.1) is 5.92 Å². The van der Waals surface area contributed by atoms with Gasteiger partial charge in [0.05, 0.1) is 17.3 Å². The zero-order valence-electron chi connectivity index (χ0n) is 12.7. The van der Waals surface area contributed by atoms with Crippen molar-refractivity contribution in [3.63, 3.8) is 0 Å². The second-order valence-corrected chi connectivity index (χ2v) is 6.02. The summed E-state index contributed by atoms with van der Waals surface area (Å²) in [5.74, 6) is -1.56. The number of nitrogens with one attached hydrogen (secondary N) is 1. The van der Waals surface area contributed by atoms with Gasteiger partial charge in [-0.15, -0.1) is 0 Å². The van der Waals surface area contributed by atoms with E-state index in [0.29, 0.717) is 12.0 Å². The van der Waals surface area contributed by atoms with Crippen molar-refractivity contribution >= 4 is 11.9 Å². The highest BCUT2D eigenvalue weighted by Crippen LogP contribution is 2.14. The maximum atomic E-state index is 12.1. The minimum absolute atomic E-state index is 0.130. The van der Waals surface area contributed by atoms with Crippen molar-refractivity contribution in [1.29, 1.82) is 0 Å². The first-order chi connectivity index (χ1) is 9.16. The summed E-state index contributed by atoms with van der Waals surface area (Å²) in [5.41, 5.74) is 0.149. The number of nitrogens with zero attached hydrogens (tertiary/aromatic N) is 2. The van der Waals surface area contributed by atoms with Crippen molar-refractivity contribution in [3.8, 4) is 0 Å². The number of hydrogen-bond acceptors (Lipinski definition) is 3. The van der Waals surface area contributed by atoms with Crippen molar-refractivity contribution in [2.24, 2.45) is 5.92 Å². The van der Waals surface area contributed by atoms with Crippen molar-refractivity contribution in [2.75, 3.05) is 0 Å². The molecule has 6 nitrogen and oxygen atoms in total. The zero-order valence-corrected chi connectivity index (χ0v) is 12.7. The van der Waals surface area contributed by atoms with E-state index >= 15 is 0 Å². The summed E-state index contributed by atoms with van der Waals surface area (Å²) in [7, 11) is 0. The third kappa shape index (κ3) is 3.82. The van der Waals surface area contributed by atoms with E-state index in [1.165, 1.54) is 6.20 Å². The molecule has 1 aromatic rings. The first-order valence-corrected chi connectivity index (χ1v) is 6.75. The van der Waals surface area contributed by atoms with Crippen LogP contribution in [0.2, 0.25) is 0 Å². The van der Waals surface area contributed by atoms with Crippen molar-refractivity contribution in [2.45, 2.75) is 52.6 Å². The highest BCUT2D eigenvalue weighted by Gasteiger charge is 2.26. The number of carbonyl (C=O) groups excluding carboxylic acids is 1. The Morgan fingerprint density at radius 2 is 2.05 bits per heavy atom. The summed E-state index contributed by atoms with van der Waals surface area (Å²) >= 11 is 0. The van der Waals surface area contributed by atoms with Gasteiger partial charge in [0, 0.05) is 6.20 Å². The molecule has 0 aliphatic carbocycles. The Balaban J connectivity index is 2.85. The van der Waals surface area contributed by atoms with E-state index in [-0.39, 0.29) is 11.5 Å². The molecule has 1 aromatic heterocycles. The molecule has 1 heterocycles. The predicted molar refractivity (Wildman–Crippen MR) is 75.6 cm³/mol. The third-order valence-corrected chi connectivity index (χ3v) is 3.30. The Morgan fingerprint density at radius 1 is 1.45 bits per heavy atom. The average molecular weight is 281 g/mol. The largest absolute Gasteiger partial charge is 0.480 e. The standard InChI is InChI=1S/C14H23N3O3/c1-6-9(2)11(13(19)20)16-12(18)10-7-15-17(8-10)14(3,4)5/h7-9,11H,6H2,1-5H3,(H,16,18)(H,19,20). The smallest absolute Gasteiger partial charge is 0.326 e. The van der Waals surface area contributed by atoms with E-state index in [1.807, 2.05) is 27.7 Å². The molecule has 0 aliphatic heterocycles. The van der Waals surface area contributed by atoms with Crippen LogP contribution < -0.4 is 5.32 Å². The summed E-state index contributed by atoms with van der Waals surface area (Å²) in [6.45, 7) is 9.62. The molecule has 0 saturated carbocycles. The number of aromatic nitrogens is 2. The molecule has 2 N–H and O–H groups in total. The Hall–Kier alpha value is -1.85. The fraction of sp³-hybridized carbons (Fsp3) is 0.643. The molecule has 0 radical (unpaired) electrons. The molecule has 0 saturated heterocycles. The minimum atomic E-state index is -1.02. The highest BCUT2D eigenvalue weighted by atomic mass is 16.4. The van der Waals surface area contributed by atoms with Crippen LogP contribution in [0.1, 0.15) is 51.4 Å². The number of carboxylic acids is 1. The molecule has 20 heavy (non-hydrogen) atoms. The van der Waals surface area contributed by atoms with Gasteiger partial charge in [0.15, 0.2) is 0 Å². The molecule has 6 heteroatoms. The molecule has 0 aliphatic rings. The molecular formula is C14H23N3O3. The number of carboxylic acid groups (broad SMARTS) is 1. The van der Waals surface area contributed by atoms with Crippen LogP contribution in [0.5, 0.6) is 0 Å². The molecule has 1 amide bonds. The van der Waals surface area contributed by atoms with Gasteiger partial charge in [-0.05, 0) is 26.7 Å². The quantitative estimate of drug-likeness (QED) is 0.863. The number of aliphatic carboxylic acids is 1. The molecule has 1 rings (SSSR count). The van der Waals surface area contributed by atoms with Crippen LogP contribution in [0.3, 0.4) is 0 Å². The summed E-state index contributed by atoms with van der Waals surface area (Å²) in [5, 5.41) is 15.9. The van der Waals surface area contributed by atoms with Crippen LogP contribution in [0.15, 0.2) is 12.4 Å². The van der Waals surface area contributed by atoms with Crippen LogP contribution >= 0.6 is 0 Å². The number of hydrogen-bond donors (Lipinski definition) is 2. The Bertz CT molecular complexity index is 488. The summed E-state index contributed by atoms with van der Waals surface area (Å²) in [6, 6.07) is -0.884. The van der Waals surface area contributed by atoms with E-state index in [1.54, 1.807) is 17.8 Å². The summed E-state index contributed by atoms with van der Waals surface area (Å²) < 4.78 is 1.68. The second kappa shape index (κ2) is 6.07.